The molecule has 5 heteroatoms. The number of rotatable bonds is 8. The van der Waals surface area contributed by atoms with Gasteiger partial charge in [0, 0.05) is 11.1 Å². The van der Waals surface area contributed by atoms with Crippen molar-refractivity contribution in [3.05, 3.63) is 71.8 Å². The summed E-state index contributed by atoms with van der Waals surface area (Å²) in [6, 6.07) is 17.3. The van der Waals surface area contributed by atoms with Crippen molar-refractivity contribution in [3.63, 3.8) is 0 Å². The maximum Gasteiger partial charge on any atom is 0.509 e. The Bertz CT molecular complexity index is 729. The lowest BCUT2D eigenvalue weighted by molar-refractivity contribution is -0.0138. The molecule has 2 aromatic rings. The van der Waals surface area contributed by atoms with Crippen LogP contribution in [0.25, 0.3) is 0 Å². The zero-order valence-corrected chi connectivity index (χ0v) is 16.6. The third kappa shape index (κ3) is 5.52. The number of carbonyl (C=O) groups is 3. The van der Waals surface area contributed by atoms with Gasteiger partial charge in [0.1, 0.15) is 0 Å². The van der Waals surface area contributed by atoms with E-state index in [-0.39, 0.29) is 23.4 Å². The van der Waals surface area contributed by atoms with E-state index in [0.29, 0.717) is 11.1 Å². The van der Waals surface area contributed by atoms with E-state index in [1.54, 1.807) is 88.4 Å². The van der Waals surface area contributed by atoms with Crippen molar-refractivity contribution < 1.29 is 23.9 Å². The molecule has 2 rings (SSSR count). The predicted octanol–water partition coefficient (Wildman–Crippen LogP) is 4.95. The first-order valence-corrected chi connectivity index (χ1v) is 9.37. The maximum absolute atomic E-state index is 12.7. The summed E-state index contributed by atoms with van der Waals surface area (Å²) in [5, 5.41) is 0. The quantitative estimate of drug-likeness (QED) is 0.477. The van der Waals surface area contributed by atoms with Crippen LogP contribution in [0.4, 0.5) is 4.79 Å². The van der Waals surface area contributed by atoms with Gasteiger partial charge >= 0.3 is 6.16 Å². The first-order valence-electron chi connectivity index (χ1n) is 9.37. The van der Waals surface area contributed by atoms with E-state index >= 15 is 0 Å². The van der Waals surface area contributed by atoms with Crippen molar-refractivity contribution in [2.45, 2.75) is 39.9 Å². The summed E-state index contributed by atoms with van der Waals surface area (Å²) in [4.78, 5) is 37.8. The molecule has 0 aliphatic carbocycles. The molecule has 0 spiro atoms. The molecule has 0 aliphatic heterocycles. The smallest absolute Gasteiger partial charge is 0.422 e. The summed E-state index contributed by atoms with van der Waals surface area (Å²) in [5.41, 5.74) is 0.907. The van der Waals surface area contributed by atoms with Gasteiger partial charge in [0.2, 0.25) is 11.6 Å². The number of Topliss-reactive ketones (excluding diaryl/α,β-unsaturated/α-hetero) is 2. The van der Waals surface area contributed by atoms with Gasteiger partial charge in [-0.2, -0.15) is 0 Å². The molecule has 0 amide bonds. The van der Waals surface area contributed by atoms with Crippen LogP contribution in [0.3, 0.4) is 0 Å². The van der Waals surface area contributed by atoms with Gasteiger partial charge in [0.15, 0.2) is 12.2 Å². The van der Waals surface area contributed by atoms with Crippen LogP contribution in [0.1, 0.15) is 48.4 Å². The Morgan fingerprint density at radius 3 is 1.21 bits per heavy atom. The molecule has 2 atom stereocenters. The van der Waals surface area contributed by atoms with Crippen LogP contribution < -0.4 is 0 Å². The minimum absolute atomic E-state index is 0.248. The van der Waals surface area contributed by atoms with Crippen molar-refractivity contribution in [1.29, 1.82) is 0 Å². The maximum atomic E-state index is 12.7. The fourth-order valence-corrected chi connectivity index (χ4v) is 2.75. The largest absolute Gasteiger partial charge is 0.509 e. The SMILES string of the molecule is CC(C)C(OC(=O)OC(C(=O)c1ccccc1)C(C)C)C(=O)c1ccccc1. The minimum atomic E-state index is -1.02. The number of carbonyl (C=O) groups excluding carboxylic acids is 3. The standard InChI is InChI=1S/C23H26O5/c1-15(2)21(19(24)17-11-7-5-8-12-17)27-23(26)28-22(16(3)4)20(25)18-13-9-6-10-14-18/h5-16,21-22H,1-4H3. The lowest BCUT2D eigenvalue weighted by Crippen LogP contribution is -2.37. The van der Waals surface area contributed by atoms with E-state index in [1.807, 2.05) is 0 Å². The fraction of sp³-hybridized carbons (Fsp3) is 0.348. The Labute approximate surface area is 165 Å². The summed E-state index contributed by atoms with van der Waals surface area (Å²) < 4.78 is 10.7. The van der Waals surface area contributed by atoms with Gasteiger partial charge < -0.3 is 9.47 Å². The van der Waals surface area contributed by atoms with E-state index < -0.39 is 18.4 Å². The van der Waals surface area contributed by atoms with Crippen LogP contribution in [0.15, 0.2) is 60.7 Å². The van der Waals surface area contributed by atoms with E-state index in [4.69, 9.17) is 9.47 Å². The summed E-state index contributed by atoms with van der Waals surface area (Å²) in [5.74, 6) is -1.10. The normalized spacial score (nSPS) is 13.1. The Hall–Kier alpha value is -2.95. The van der Waals surface area contributed by atoms with Gasteiger partial charge in [0.25, 0.3) is 0 Å². The molecule has 0 saturated carbocycles. The van der Waals surface area contributed by atoms with E-state index in [2.05, 4.69) is 0 Å². The molecule has 0 heterocycles. The van der Waals surface area contributed by atoms with E-state index in [0.717, 1.165) is 0 Å². The summed E-state index contributed by atoms with van der Waals surface area (Å²) in [6.07, 6.45) is -3.00. The van der Waals surface area contributed by atoms with E-state index in [1.165, 1.54) is 0 Å². The second-order valence-electron chi connectivity index (χ2n) is 7.28. The molecule has 0 N–H and O–H groups in total. The number of hydrogen-bond acceptors (Lipinski definition) is 5. The van der Waals surface area contributed by atoms with Crippen molar-refractivity contribution >= 4 is 17.7 Å². The van der Waals surface area contributed by atoms with Crippen LogP contribution in [-0.4, -0.2) is 29.9 Å². The van der Waals surface area contributed by atoms with Gasteiger partial charge in [-0.05, 0) is 11.8 Å². The second-order valence-corrected chi connectivity index (χ2v) is 7.28. The fourth-order valence-electron chi connectivity index (χ4n) is 2.75. The van der Waals surface area contributed by atoms with Crippen LogP contribution >= 0.6 is 0 Å². The molecule has 2 aromatic carbocycles. The summed E-state index contributed by atoms with van der Waals surface area (Å²) in [6.45, 7) is 7.14. The monoisotopic (exact) mass is 382 g/mol. The number of ether oxygens (including phenoxy) is 2. The van der Waals surface area contributed by atoms with Crippen molar-refractivity contribution in [2.24, 2.45) is 11.8 Å². The minimum Gasteiger partial charge on any atom is -0.422 e. The number of hydrogen-bond donors (Lipinski definition) is 0. The topological polar surface area (TPSA) is 69.7 Å². The average molecular weight is 382 g/mol. The summed E-state index contributed by atoms with van der Waals surface area (Å²) in [7, 11) is 0. The van der Waals surface area contributed by atoms with Gasteiger partial charge in [-0.3, -0.25) is 9.59 Å². The Morgan fingerprint density at radius 2 is 0.929 bits per heavy atom. The van der Waals surface area contributed by atoms with Crippen LogP contribution in [-0.2, 0) is 9.47 Å². The Morgan fingerprint density at radius 1 is 0.607 bits per heavy atom. The third-order valence-corrected chi connectivity index (χ3v) is 4.29. The molecule has 0 bridgehead atoms. The van der Waals surface area contributed by atoms with Crippen LogP contribution in [0.2, 0.25) is 0 Å². The highest BCUT2D eigenvalue weighted by Crippen LogP contribution is 2.18. The predicted molar refractivity (Wildman–Crippen MR) is 106 cm³/mol. The zero-order chi connectivity index (χ0) is 20.7. The van der Waals surface area contributed by atoms with Crippen molar-refractivity contribution in [1.82, 2.24) is 0 Å². The first kappa shape index (κ1) is 21.4. The Balaban J connectivity index is 2.12. The van der Waals surface area contributed by atoms with Gasteiger partial charge in [0.05, 0.1) is 0 Å². The molecule has 0 fully saturated rings. The highest BCUT2D eigenvalue weighted by atomic mass is 16.7. The third-order valence-electron chi connectivity index (χ3n) is 4.29. The van der Waals surface area contributed by atoms with Crippen molar-refractivity contribution in [3.8, 4) is 0 Å². The highest BCUT2D eigenvalue weighted by Gasteiger charge is 2.32. The molecule has 5 nitrogen and oxygen atoms in total. The second kappa shape index (κ2) is 9.83. The number of ketones is 2. The first-order chi connectivity index (χ1) is 13.3. The molecule has 148 valence electrons. The molecule has 28 heavy (non-hydrogen) atoms. The van der Waals surface area contributed by atoms with Gasteiger partial charge in [-0.15, -0.1) is 0 Å². The van der Waals surface area contributed by atoms with Gasteiger partial charge in [-0.1, -0.05) is 88.4 Å². The molecular formula is C23H26O5. The molecule has 0 saturated heterocycles. The molecule has 2 unspecified atom stereocenters. The Kier molecular flexibility index (Phi) is 7.50. The average Bonchev–Trinajstić information content (AvgIpc) is 2.70. The number of benzene rings is 2. The zero-order valence-electron chi connectivity index (χ0n) is 16.6. The highest BCUT2D eigenvalue weighted by molar-refractivity contribution is 6.01. The lowest BCUT2D eigenvalue weighted by atomic mass is 9.97. The van der Waals surface area contributed by atoms with Crippen LogP contribution in [0, 0.1) is 11.8 Å². The lowest BCUT2D eigenvalue weighted by Gasteiger charge is -2.23. The van der Waals surface area contributed by atoms with Crippen LogP contribution in [0.5, 0.6) is 0 Å². The molecule has 0 aromatic heterocycles. The molecule has 0 aliphatic rings. The van der Waals surface area contributed by atoms with Gasteiger partial charge in [-0.25, -0.2) is 4.79 Å². The molecule has 0 radical (unpaired) electrons. The summed E-state index contributed by atoms with van der Waals surface area (Å²) >= 11 is 0. The van der Waals surface area contributed by atoms with E-state index in [9.17, 15) is 14.4 Å². The molecular weight excluding hydrogens is 356 g/mol. The van der Waals surface area contributed by atoms with Crippen molar-refractivity contribution in [2.75, 3.05) is 0 Å².